The number of hydrogen-bond donors (Lipinski definition) is 0. The lowest BCUT2D eigenvalue weighted by Gasteiger charge is -2.05. The summed E-state index contributed by atoms with van der Waals surface area (Å²) in [6.45, 7) is 5.91. The minimum atomic E-state index is 0.623. The summed E-state index contributed by atoms with van der Waals surface area (Å²) in [5, 5.41) is 0. The molecule has 0 radical (unpaired) electrons. The predicted octanol–water partition coefficient (Wildman–Crippen LogP) is 4.86. The van der Waals surface area contributed by atoms with E-state index in [9.17, 15) is 0 Å². The molecule has 84 valence electrons. The van der Waals surface area contributed by atoms with E-state index in [4.69, 9.17) is 0 Å². The molecular weight excluding hydrogens is 192 g/mol. The van der Waals surface area contributed by atoms with Crippen molar-refractivity contribution in [3.8, 4) is 0 Å². The molecule has 0 N–H and O–H groups in total. The maximum absolute atomic E-state index is 3.69. The SMILES string of the molecule is C=CC=CC(CC)CC=Cc1ccccc1. The molecule has 0 aliphatic carbocycles. The molecule has 0 amide bonds. The largest absolute Gasteiger partial charge is 0.0991 e. The van der Waals surface area contributed by atoms with Crippen LogP contribution < -0.4 is 0 Å². The summed E-state index contributed by atoms with van der Waals surface area (Å²) in [6.07, 6.45) is 12.8. The van der Waals surface area contributed by atoms with Gasteiger partial charge in [0.15, 0.2) is 0 Å². The van der Waals surface area contributed by atoms with E-state index in [0.29, 0.717) is 5.92 Å². The standard InChI is InChI=1S/C16H20/c1-3-5-10-15(4-2)13-9-14-16-11-7-6-8-12-16/h3,5-12,14-15H,1,4,13H2,2H3. The van der Waals surface area contributed by atoms with Crippen LogP contribution in [0, 0.1) is 5.92 Å². The lowest BCUT2D eigenvalue weighted by molar-refractivity contribution is 0.639. The Balaban J connectivity index is 2.46. The zero-order valence-electron chi connectivity index (χ0n) is 9.97. The zero-order valence-corrected chi connectivity index (χ0v) is 9.97. The third-order valence-corrected chi connectivity index (χ3v) is 2.59. The summed E-state index contributed by atoms with van der Waals surface area (Å²) >= 11 is 0. The Kier molecular flexibility index (Phi) is 6.02. The average molecular weight is 212 g/mol. The van der Waals surface area contributed by atoms with E-state index in [0.717, 1.165) is 6.42 Å². The van der Waals surface area contributed by atoms with E-state index in [1.165, 1.54) is 12.0 Å². The molecule has 0 heteroatoms. The summed E-state index contributed by atoms with van der Waals surface area (Å²) in [7, 11) is 0. The van der Waals surface area contributed by atoms with E-state index >= 15 is 0 Å². The summed E-state index contributed by atoms with van der Waals surface area (Å²) in [6, 6.07) is 10.4. The molecule has 16 heavy (non-hydrogen) atoms. The van der Waals surface area contributed by atoms with E-state index in [1.807, 2.05) is 18.2 Å². The molecule has 0 aromatic heterocycles. The summed E-state index contributed by atoms with van der Waals surface area (Å²) in [5.41, 5.74) is 1.27. The second-order valence-corrected chi connectivity index (χ2v) is 3.84. The van der Waals surface area contributed by atoms with Crippen molar-refractivity contribution in [3.63, 3.8) is 0 Å². The lowest BCUT2D eigenvalue weighted by atomic mass is 10.0. The van der Waals surface area contributed by atoms with Crippen molar-refractivity contribution >= 4 is 6.08 Å². The molecular formula is C16H20. The summed E-state index contributed by atoms with van der Waals surface area (Å²) in [4.78, 5) is 0. The Bertz CT molecular complexity index is 344. The van der Waals surface area contributed by atoms with Crippen LogP contribution in [-0.4, -0.2) is 0 Å². The molecule has 1 aromatic carbocycles. The van der Waals surface area contributed by atoms with Crippen LogP contribution in [0.5, 0.6) is 0 Å². The van der Waals surface area contributed by atoms with Crippen LogP contribution in [0.2, 0.25) is 0 Å². The van der Waals surface area contributed by atoms with Crippen molar-refractivity contribution in [2.75, 3.05) is 0 Å². The molecule has 0 spiro atoms. The van der Waals surface area contributed by atoms with E-state index in [-0.39, 0.29) is 0 Å². The average Bonchev–Trinajstić information content (AvgIpc) is 2.35. The molecule has 0 saturated carbocycles. The van der Waals surface area contributed by atoms with Crippen molar-refractivity contribution in [1.29, 1.82) is 0 Å². The second-order valence-electron chi connectivity index (χ2n) is 3.84. The first-order valence-corrected chi connectivity index (χ1v) is 5.87. The Labute approximate surface area is 99.0 Å². The van der Waals surface area contributed by atoms with Crippen molar-refractivity contribution < 1.29 is 0 Å². The van der Waals surface area contributed by atoms with Gasteiger partial charge in [0.1, 0.15) is 0 Å². The van der Waals surface area contributed by atoms with Crippen LogP contribution in [0.25, 0.3) is 6.08 Å². The molecule has 1 unspecified atom stereocenters. The molecule has 0 nitrogen and oxygen atoms in total. The highest BCUT2D eigenvalue weighted by molar-refractivity contribution is 5.48. The summed E-state index contributed by atoms with van der Waals surface area (Å²) in [5.74, 6) is 0.623. The Morgan fingerprint density at radius 2 is 2.00 bits per heavy atom. The van der Waals surface area contributed by atoms with E-state index in [1.54, 1.807) is 0 Å². The monoisotopic (exact) mass is 212 g/mol. The van der Waals surface area contributed by atoms with Gasteiger partial charge in [-0.05, 0) is 24.3 Å². The predicted molar refractivity (Wildman–Crippen MR) is 73.2 cm³/mol. The Morgan fingerprint density at radius 3 is 2.62 bits per heavy atom. The lowest BCUT2D eigenvalue weighted by Crippen LogP contribution is -1.90. The minimum absolute atomic E-state index is 0.623. The van der Waals surface area contributed by atoms with Gasteiger partial charge in [-0.1, -0.05) is 74.2 Å². The van der Waals surface area contributed by atoms with Crippen LogP contribution >= 0.6 is 0 Å². The normalized spacial score (nSPS) is 13.3. The maximum Gasteiger partial charge on any atom is -0.0198 e. The molecule has 1 atom stereocenters. The van der Waals surface area contributed by atoms with Crippen LogP contribution in [0.15, 0.2) is 61.2 Å². The van der Waals surface area contributed by atoms with Gasteiger partial charge in [0.05, 0.1) is 0 Å². The third kappa shape index (κ3) is 4.79. The van der Waals surface area contributed by atoms with Crippen LogP contribution in [0.3, 0.4) is 0 Å². The maximum atomic E-state index is 3.69. The number of benzene rings is 1. The fraction of sp³-hybridized carbons (Fsp3) is 0.250. The Morgan fingerprint density at radius 1 is 1.25 bits per heavy atom. The van der Waals surface area contributed by atoms with Gasteiger partial charge in [-0.2, -0.15) is 0 Å². The molecule has 1 aromatic rings. The molecule has 0 aliphatic rings. The first-order valence-electron chi connectivity index (χ1n) is 5.87. The van der Waals surface area contributed by atoms with Crippen molar-refractivity contribution in [2.45, 2.75) is 19.8 Å². The number of rotatable bonds is 6. The van der Waals surface area contributed by atoms with Crippen molar-refractivity contribution in [2.24, 2.45) is 5.92 Å². The highest BCUT2D eigenvalue weighted by Gasteiger charge is 1.97. The van der Waals surface area contributed by atoms with Crippen LogP contribution in [-0.2, 0) is 0 Å². The molecule has 0 saturated heterocycles. The Hall–Kier alpha value is -1.56. The van der Waals surface area contributed by atoms with Gasteiger partial charge in [0, 0.05) is 0 Å². The molecule has 0 fully saturated rings. The van der Waals surface area contributed by atoms with E-state index < -0.39 is 0 Å². The van der Waals surface area contributed by atoms with Gasteiger partial charge < -0.3 is 0 Å². The fourth-order valence-electron chi connectivity index (χ4n) is 1.56. The first kappa shape index (κ1) is 12.5. The van der Waals surface area contributed by atoms with Gasteiger partial charge >= 0.3 is 0 Å². The minimum Gasteiger partial charge on any atom is -0.0991 e. The quantitative estimate of drug-likeness (QED) is 0.591. The van der Waals surface area contributed by atoms with Gasteiger partial charge in [-0.15, -0.1) is 0 Å². The fourth-order valence-corrected chi connectivity index (χ4v) is 1.56. The molecule has 0 heterocycles. The highest BCUT2D eigenvalue weighted by Crippen LogP contribution is 2.12. The number of hydrogen-bond acceptors (Lipinski definition) is 0. The highest BCUT2D eigenvalue weighted by atomic mass is 14.0. The van der Waals surface area contributed by atoms with Crippen LogP contribution in [0.4, 0.5) is 0 Å². The van der Waals surface area contributed by atoms with Gasteiger partial charge in [0.25, 0.3) is 0 Å². The van der Waals surface area contributed by atoms with Crippen LogP contribution in [0.1, 0.15) is 25.3 Å². The second kappa shape index (κ2) is 7.70. The molecule has 0 bridgehead atoms. The summed E-state index contributed by atoms with van der Waals surface area (Å²) < 4.78 is 0. The molecule has 1 rings (SSSR count). The van der Waals surface area contributed by atoms with E-state index in [2.05, 4.69) is 56.0 Å². The van der Waals surface area contributed by atoms with Crippen molar-refractivity contribution in [3.05, 3.63) is 66.8 Å². The smallest absolute Gasteiger partial charge is 0.0198 e. The van der Waals surface area contributed by atoms with Gasteiger partial charge in [-0.3, -0.25) is 0 Å². The van der Waals surface area contributed by atoms with Gasteiger partial charge in [0.2, 0.25) is 0 Å². The van der Waals surface area contributed by atoms with Crippen molar-refractivity contribution in [1.82, 2.24) is 0 Å². The topological polar surface area (TPSA) is 0 Å². The first-order chi connectivity index (χ1) is 7.86. The van der Waals surface area contributed by atoms with Gasteiger partial charge in [-0.25, -0.2) is 0 Å². The molecule has 0 aliphatic heterocycles. The third-order valence-electron chi connectivity index (χ3n) is 2.59. The zero-order chi connectivity index (χ0) is 11.6. The number of allylic oxidation sites excluding steroid dienone is 4.